The molecular weight excluding hydrogens is 352 g/mol. The highest BCUT2D eigenvalue weighted by Crippen LogP contribution is 2.22. The van der Waals surface area contributed by atoms with Gasteiger partial charge in [-0.25, -0.2) is 8.42 Å². The van der Waals surface area contributed by atoms with Crippen molar-refractivity contribution in [2.45, 2.75) is 25.7 Å². The van der Waals surface area contributed by atoms with Gasteiger partial charge in [0.1, 0.15) is 0 Å². The number of anilines is 1. The standard InChI is InChI=1S/C19H24N2O4S/c1-13-9-14(2)11-17(10-13)21-26(23,24)18-12-16(6-5-15(18)3)19(22)20-7-8-25-4/h5-6,9-12,21H,7-8H2,1-4H3,(H,20,22). The van der Waals surface area contributed by atoms with E-state index in [0.717, 1.165) is 11.1 Å². The van der Waals surface area contributed by atoms with Gasteiger partial charge < -0.3 is 10.1 Å². The lowest BCUT2D eigenvalue weighted by Crippen LogP contribution is -2.27. The third-order valence-corrected chi connectivity index (χ3v) is 5.33. The van der Waals surface area contributed by atoms with Crippen LogP contribution in [0.5, 0.6) is 0 Å². The summed E-state index contributed by atoms with van der Waals surface area (Å²) >= 11 is 0. The first-order valence-corrected chi connectivity index (χ1v) is 9.70. The number of carbonyl (C=O) groups excluding carboxylic acids is 1. The maximum atomic E-state index is 12.8. The Labute approximate surface area is 154 Å². The number of amides is 1. The predicted molar refractivity (Wildman–Crippen MR) is 102 cm³/mol. The molecule has 7 heteroatoms. The lowest BCUT2D eigenvalue weighted by atomic mass is 10.1. The second-order valence-electron chi connectivity index (χ2n) is 6.21. The zero-order chi connectivity index (χ0) is 19.3. The molecule has 0 radical (unpaired) electrons. The first-order valence-electron chi connectivity index (χ1n) is 8.22. The molecule has 0 bridgehead atoms. The van der Waals surface area contributed by atoms with Crippen molar-refractivity contribution in [3.63, 3.8) is 0 Å². The molecular formula is C19H24N2O4S. The van der Waals surface area contributed by atoms with Crippen molar-refractivity contribution in [1.29, 1.82) is 0 Å². The Morgan fingerprint density at radius 2 is 1.69 bits per heavy atom. The number of methoxy groups -OCH3 is 1. The largest absolute Gasteiger partial charge is 0.383 e. The quantitative estimate of drug-likeness (QED) is 0.728. The van der Waals surface area contributed by atoms with Gasteiger partial charge in [-0.15, -0.1) is 0 Å². The van der Waals surface area contributed by atoms with Gasteiger partial charge in [-0.1, -0.05) is 12.1 Å². The van der Waals surface area contributed by atoms with Gasteiger partial charge in [0.25, 0.3) is 15.9 Å². The lowest BCUT2D eigenvalue weighted by molar-refractivity contribution is 0.0937. The topological polar surface area (TPSA) is 84.5 Å². The van der Waals surface area contributed by atoms with Gasteiger partial charge in [0.05, 0.1) is 11.5 Å². The highest BCUT2D eigenvalue weighted by Gasteiger charge is 2.19. The van der Waals surface area contributed by atoms with E-state index in [9.17, 15) is 13.2 Å². The number of benzene rings is 2. The Morgan fingerprint density at radius 3 is 2.31 bits per heavy atom. The first kappa shape index (κ1) is 19.9. The number of carbonyl (C=O) groups is 1. The fourth-order valence-electron chi connectivity index (χ4n) is 2.64. The van der Waals surface area contributed by atoms with Gasteiger partial charge in [0.2, 0.25) is 0 Å². The van der Waals surface area contributed by atoms with Crippen LogP contribution >= 0.6 is 0 Å². The number of ether oxygens (including phenoxy) is 1. The summed E-state index contributed by atoms with van der Waals surface area (Å²) in [7, 11) is -2.27. The molecule has 0 atom stereocenters. The third kappa shape index (κ3) is 5.06. The zero-order valence-electron chi connectivity index (χ0n) is 15.4. The molecule has 140 valence electrons. The molecule has 2 aromatic rings. The molecule has 0 aliphatic carbocycles. The van der Waals surface area contributed by atoms with Crippen LogP contribution in [0.1, 0.15) is 27.0 Å². The van der Waals surface area contributed by atoms with Crippen molar-refractivity contribution in [1.82, 2.24) is 5.32 Å². The van der Waals surface area contributed by atoms with Crippen molar-refractivity contribution in [3.8, 4) is 0 Å². The fraction of sp³-hybridized carbons (Fsp3) is 0.316. The van der Waals surface area contributed by atoms with Crippen LogP contribution in [0.15, 0.2) is 41.3 Å². The van der Waals surface area contributed by atoms with Crippen molar-refractivity contribution in [2.24, 2.45) is 0 Å². The Bertz CT molecular complexity index is 888. The van der Waals surface area contributed by atoms with Crippen LogP contribution in [-0.4, -0.2) is 34.6 Å². The maximum absolute atomic E-state index is 12.8. The SMILES string of the molecule is COCCNC(=O)c1ccc(C)c(S(=O)(=O)Nc2cc(C)cc(C)c2)c1. The summed E-state index contributed by atoms with van der Waals surface area (Å²) < 4.78 is 33.1. The Morgan fingerprint density at radius 1 is 1.04 bits per heavy atom. The number of hydrogen-bond donors (Lipinski definition) is 2. The van der Waals surface area contributed by atoms with Crippen molar-refractivity contribution in [2.75, 3.05) is 25.0 Å². The summed E-state index contributed by atoms with van der Waals surface area (Å²) in [5, 5.41) is 2.68. The van der Waals surface area contributed by atoms with Crippen LogP contribution in [0.3, 0.4) is 0 Å². The van der Waals surface area contributed by atoms with Crippen LogP contribution in [0.4, 0.5) is 5.69 Å². The summed E-state index contributed by atoms with van der Waals surface area (Å²) in [4.78, 5) is 12.3. The second kappa shape index (κ2) is 8.33. The zero-order valence-corrected chi connectivity index (χ0v) is 16.2. The van der Waals surface area contributed by atoms with Crippen molar-refractivity contribution < 1.29 is 17.9 Å². The summed E-state index contributed by atoms with van der Waals surface area (Å²) in [6.45, 7) is 6.24. The molecule has 0 unspecified atom stereocenters. The van der Waals surface area contributed by atoms with E-state index in [0.29, 0.717) is 24.4 Å². The molecule has 0 aliphatic heterocycles. The summed E-state index contributed by atoms with van der Waals surface area (Å²) in [6.07, 6.45) is 0. The van der Waals surface area contributed by atoms with Gasteiger partial charge in [0.15, 0.2) is 0 Å². The molecule has 2 rings (SSSR count). The average Bonchev–Trinajstić information content (AvgIpc) is 2.53. The molecule has 0 heterocycles. The van der Waals surface area contributed by atoms with Gasteiger partial charge in [-0.3, -0.25) is 9.52 Å². The Balaban J connectivity index is 2.30. The molecule has 0 aromatic heterocycles. The molecule has 0 saturated heterocycles. The molecule has 1 amide bonds. The molecule has 0 aliphatic rings. The number of nitrogens with one attached hydrogen (secondary N) is 2. The van der Waals surface area contributed by atoms with E-state index in [-0.39, 0.29) is 16.4 Å². The highest BCUT2D eigenvalue weighted by molar-refractivity contribution is 7.92. The summed E-state index contributed by atoms with van der Waals surface area (Å²) in [5.74, 6) is -0.343. The highest BCUT2D eigenvalue weighted by atomic mass is 32.2. The second-order valence-corrected chi connectivity index (χ2v) is 7.86. The number of rotatable bonds is 7. The van der Waals surface area contributed by atoms with Crippen LogP contribution in [0, 0.1) is 20.8 Å². The van der Waals surface area contributed by atoms with Crippen LogP contribution in [0.25, 0.3) is 0 Å². The fourth-order valence-corrected chi connectivity index (χ4v) is 3.96. The van der Waals surface area contributed by atoms with Gasteiger partial charge in [-0.2, -0.15) is 0 Å². The van der Waals surface area contributed by atoms with E-state index in [4.69, 9.17) is 4.74 Å². The number of hydrogen-bond acceptors (Lipinski definition) is 4. The van der Waals surface area contributed by atoms with Crippen LogP contribution in [0.2, 0.25) is 0 Å². The monoisotopic (exact) mass is 376 g/mol. The molecule has 0 saturated carbocycles. The lowest BCUT2D eigenvalue weighted by Gasteiger charge is -2.13. The van der Waals surface area contributed by atoms with Gasteiger partial charge >= 0.3 is 0 Å². The van der Waals surface area contributed by atoms with Crippen molar-refractivity contribution in [3.05, 3.63) is 58.7 Å². The van der Waals surface area contributed by atoms with Crippen molar-refractivity contribution >= 4 is 21.6 Å². The first-order chi connectivity index (χ1) is 12.2. The van der Waals surface area contributed by atoms with E-state index in [2.05, 4.69) is 10.0 Å². The minimum Gasteiger partial charge on any atom is -0.383 e. The summed E-state index contributed by atoms with van der Waals surface area (Å²) in [6, 6.07) is 10.1. The molecule has 2 aromatic carbocycles. The minimum absolute atomic E-state index is 0.0797. The predicted octanol–water partition coefficient (Wildman–Crippen LogP) is 2.79. The molecule has 0 spiro atoms. The normalized spacial score (nSPS) is 11.2. The van der Waals surface area contributed by atoms with E-state index in [1.54, 1.807) is 38.3 Å². The minimum atomic E-state index is -3.81. The number of aryl methyl sites for hydroxylation is 3. The number of sulfonamides is 1. The van der Waals surface area contributed by atoms with E-state index in [1.165, 1.54) is 6.07 Å². The van der Waals surface area contributed by atoms with Gasteiger partial charge in [-0.05, 0) is 61.7 Å². The van der Waals surface area contributed by atoms with Crippen LogP contribution in [-0.2, 0) is 14.8 Å². The third-order valence-electron chi connectivity index (χ3n) is 3.81. The van der Waals surface area contributed by atoms with E-state index in [1.807, 2.05) is 19.9 Å². The van der Waals surface area contributed by atoms with Gasteiger partial charge in [0, 0.05) is 24.9 Å². The van der Waals surface area contributed by atoms with E-state index >= 15 is 0 Å². The van der Waals surface area contributed by atoms with Crippen LogP contribution < -0.4 is 10.0 Å². The average molecular weight is 376 g/mol. The Kier molecular flexibility index (Phi) is 6.39. The molecule has 0 fully saturated rings. The smallest absolute Gasteiger partial charge is 0.262 e. The molecule has 2 N–H and O–H groups in total. The van der Waals surface area contributed by atoms with E-state index < -0.39 is 10.0 Å². The Hall–Kier alpha value is -2.38. The maximum Gasteiger partial charge on any atom is 0.262 e. The molecule has 6 nitrogen and oxygen atoms in total. The summed E-state index contributed by atoms with van der Waals surface area (Å²) in [5.41, 5.74) is 3.27. The molecule has 26 heavy (non-hydrogen) atoms.